The predicted molar refractivity (Wildman–Crippen MR) is 91.0 cm³/mol. The van der Waals surface area contributed by atoms with E-state index in [2.05, 4.69) is 27.4 Å². The standard InChI is InChI=1S/C17H14BrNOS/c18-13-5-4-11-8-16(20)14(7-12(11)6-13)17-19-15(9-21-17)10-2-1-3-10/h4-10,20H,1-3H2. The molecule has 0 bridgehead atoms. The summed E-state index contributed by atoms with van der Waals surface area (Å²) in [6.45, 7) is 0. The highest BCUT2D eigenvalue weighted by atomic mass is 79.9. The quantitative estimate of drug-likeness (QED) is 0.636. The molecule has 0 amide bonds. The Hall–Kier alpha value is -1.39. The van der Waals surface area contributed by atoms with E-state index < -0.39 is 0 Å². The molecule has 1 aliphatic rings. The molecule has 1 N–H and O–H groups in total. The van der Waals surface area contributed by atoms with E-state index in [1.54, 1.807) is 11.3 Å². The molecular weight excluding hydrogens is 346 g/mol. The van der Waals surface area contributed by atoms with Crippen LogP contribution in [-0.2, 0) is 0 Å². The van der Waals surface area contributed by atoms with Gasteiger partial charge in [0.15, 0.2) is 0 Å². The zero-order chi connectivity index (χ0) is 14.4. The number of aromatic nitrogens is 1. The molecule has 0 aliphatic heterocycles. The first-order valence-corrected chi connectivity index (χ1v) is 8.76. The lowest BCUT2D eigenvalue weighted by Gasteiger charge is -2.23. The lowest BCUT2D eigenvalue weighted by molar-refractivity contribution is 0.413. The number of hydrogen-bond acceptors (Lipinski definition) is 3. The van der Waals surface area contributed by atoms with E-state index in [0.717, 1.165) is 25.8 Å². The van der Waals surface area contributed by atoms with Crippen LogP contribution in [0.2, 0.25) is 0 Å². The van der Waals surface area contributed by atoms with Gasteiger partial charge >= 0.3 is 0 Å². The molecule has 106 valence electrons. The van der Waals surface area contributed by atoms with Gasteiger partial charge in [0, 0.05) is 15.8 Å². The Morgan fingerprint density at radius 1 is 1.14 bits per heavy atom. The SMILES string of the molecule is Oc1cc2ccc(Br)cc2cc1-c1nc(C2CCC2)cs1. The average Bonchev–Trinajstić information content (AvgIpc) is 2.85. The van der Waals surface area contributed by atoms with Gasteiger partial charge in [-0.05, 0) is 47.9 Å². The lowest BCUT2D eigenvalue weighted by atomic mass is 9.83. The topological polar surface area (TPSA) is 33.1 Å². The highest BCUT2D eigenvalue weighted by molar-refractivity contribution is 9.10. The number of benzene rings is 2. The highest BCUT2D eigenvalue weighted by Gasteiger charge is 2.22. The molecule has 1 aliphatic carbocycles. The van der Waals surface area contributed by atoms with Gasteiger partial charge in [-0.25, -0.2) is 4.98 Å². The first kappa shape index (κ1) is 13.3. The summed E-state index contributed by atoms with van der Waals surface area (Å²) in [6, 6.07) is 9.91. The van der Waals surface area contributed by atoms with Crippen LogP contribution in [0, 0.1) is 0 Å². The summed E-state index contributed by atoms with van der Waals surface area (Å²) in [6.07, 6.45) is 3.81. The van der Waals surface area contributed by atoms with Crippen LogP contribution >= 0.6 is 27.3 Å². The number of phenolic OH excluding ortho intramolecular Hbond substituents is 1. The van der Waals surface area contributed by atoms with Crippen molar-refractivity contribution in [3.05, 3.63) is 45.9 Å². The van der Waals surface area contributed by atoms with Gasteiger partial charge in [0.25, 0.3) is 0 Å². The number of rotatable bonds is 2. The van der Waals surface area contributed by atoms with Crippen LogP contribution in [0.15, 0.2) is 40.2 Å². The van der Waals surface area contributed by atoms with Gasteiger partial charge in [-0.2, -0.15) is 0 Å². The van der Waals surface area contributed by atoms with Crippen molar-refractivity contribution in [2.45, 2.75) is 25.2 Å². The first-order valence-electron chi connectivity index (χ1n) is 7.09. The fourth-order valence-electron chi connectivity index (χ4n) is 2.73. The van der Waals surface area contributed by atoms with E-state index in [-0.39, 0.29) is 0 Å². The van der Waals surface area contributed by atoms with Gasteiger partial charge in [0.05, 0.1) is 11.3 Å². The zero-order valence-electron chi connectivity index (χ0n) is 11.3. The number of halogens is 1. The van der Waals surface area contributed by atoms with Crippen LogP contribution in [0.4, 0.5) is 0 Å². The third kappa shape index (κ3) is 2.36. The maximum Gasteiger partial charge on any atom is 0.127 e. The van der Waals surface area contributed by atoms with Crippen molar-refractivity contribution in [2.24, 2.45) is 0 Å². The van der Waals surface area contributed by atoms with Crippen LogP contribution in [0.1, 0.15) is 30.9 Å². The van der Waals surface area contributed by atoms with E-state index in [1.165, 1.54) is 25.0 Å². The fraction of sp³-hybridized carbons (Fsp3) is 0.235. The van der Waals surface area contributed by atoms with Crippen LogP contribution in [0.5, 0.6) is 5.75 Å². The van der Waals surface area contributed by atoms with Gasteiger partial charge in [-0.1, -0.05) is 28.4 Å². The molecule has 2 nitrogen and oxygen atoms in total. The molecule has 1 heterocycles. The van der Waals surface area contributed by atoms with Gasteiger partial charge < -0.3 is 5.11 Å². The molecule has 1 fully saturated rings. The minimum atomic E-state index is 0.305. The molecular formula is C17H14BrNOS. The van der Waals surface area contributed by atoms with Crippen LogP contribution in [-0.4, -0.2) is 10.1 Å². The Kier molecular flexibility index (Phi) is 3.23. The monoisotopic (exact) mass is 359 g/mol. The summed E-state index contributed by atoms with van der Waals surface area (Å²) in [5.74, 6) is 0.936. The van der Waals surface area contributed by atoms with Crippen molar-refractivity contribution in [2.75, 3.05) is 0 Å². The van der Waals surface area contributed by atoms with E-state index in [1.807, 2.05) is 24.3 Å². The normalized spacial score (nSPS) is 15.3. The van der Waals surface area contributed by atoms with Gasteiger partial charge in [0.1, 0.15) is 10.8 Å². The summed E-state index contributed by atoms with van der Waals surface area (Å²) >= 11 is 5.12. The molecule has 0 atom stereocenters. The molecule has 0 unspecified atom stereocenters. The molecule has 3 aromatic rings. The summed E-state index contributed by atoms with van der Waals surface area (Å²) in [5.41, 5.74) is 2.02. The summed E-state index contributed by atoms with van der Waals surface area (Å²) in [7, 11) is 0. The second-order valence-corrected chi connectivity index (χ2v) is 7.34. The maximum absolute atomic E-state index is 10.3. The van der Waals surface area contributed by atoms with Crippen molar-refractivity contribution < 1.29 is 5.11 Å². The smallest absolute Gasteiger partial charge is 0.127 e. The van der Waals surface area contributed by atoms with Gasteiger partial charge in [-0.15, -0.1) is 11.3 Å². The molecule has 1 aromatic heterocycles. The highest BCUT2D eigenvalue weighted by Crippen LogP contribution is 2.40. The minimum Gasteiger partial charge on any atom is -0.507 e. The Balaban J connectivity index is 1.81. The average molecular weight is 360 g/mol. The molecule has 0 saturated heterocycles. The molecule has 1 saturated carbocycles. The number of phenols is 1. The second-order valence-electron chi connectivity index (χ2n) is 5.57. The Morgan fingerprint density at radius 2 is 2.00 bits per heavy atom. The number of thiazole rings is 1. The maximum atomic E-state index is 10.3. The van der Waals surface area contributed by atoms with Gasteiger partial charge in [-0.3, -0.25) is 0 Å². The molecule has 4 heteroatoms. The number of nitrogens with zero attached hydrogens (tertiary/aromatic N) is 1. The van der Waals surface area contributed by atoms with Crippen LogP contribution in [0.3, 0.4) is 0 Å². The van der Waals surface area contributed by atoms with Crippen molar-refractivity contribution in [1.29, 1.82) is 0 Å². The largest absolute Gasteiger partial charge is 0.507 e. The Bertz CT molecular complexity index is 823. The molecule has 4 rings (SSSR count). The van der Waals surface area contributed by atoms with E-state index >= 15 is 0 Å². The van der Waals surface area contributed by atoms with Crippen LogP contribution < -0.4 is 0 Å². The lowest BCUT2D eigenvalue weighted by Crippen LogP contribution is -2.08. The predicted octanol–water partition coefficient (Wildman–Crippen LogP) is 5.70. The fourth-order valence-corrected chi connectivity index (χ4v) is 4.03. The van der Waals surface area contributed by atoms with Crippen molar-refractivity contribution in [3.8, 4) is 16.3 Å². The first-order chi connectivity index (χ1) is 10.2. The molecule has 0 spiro atoms. The Morgan fingerprint density at radius 3 is 2.76 bits per heavy atom. The molecule has 2 aromatic carbocycles. The molecule has 0 radical (unpaired) electrons. The second kappa shape index (κ2) is 5.11. The molecule has 21 heavy (non-hydrogen) atoms. The third-order valence-corrected chi connectivity index (χ3v) is 5.58. The van der Waals surface area contributed by atoms with E-state index in [0.29, 0.717) is 11.7 Å². The zero-order valence-corrected chi connectivity index (χ0v) is 13.7. The van der Waals surface area contributed by atoms with E-state index in [4.69, 9.17) is 4.98 Å². The van der Waals surface area contributed by atoms with Crippen molar-refractivity contribution >= 4 is 38.0 Å². The minimum absolute atomic E-state index is 0.305. The van der Waals surface area contributed by atoms with Gasteiger partial charge in [0.2, 0.25) is 0 Å². The Labute approximate surface area is 135 Å². The number of fused-ring (bicyclic) bond motifs is 1. The summed E-state index contributed by atoms with van der Waals surface area (Å²) < 4.78 is 1.04. The number of hydrogen-bond donors (Lipinski definition) is 1. The number of aromatic hydroxyl groups is 1. The van der Waals surface area contributed by atoms with Crippen molar-refractivity contribution in [1.82, 2.24) is 4.98 Å². The summed E-state index contributed by atoms with van der Waals surface area (Å²) in [4.78, 5) is 4.74. The third-order valence-electron chi connectivity index (χ3n) is 4.19. The summed E-state index contributed by atoms with van der Waals surface area (Å²) in [5, 5.41) is 15.5. The van der Waals surface area contributed by atoms with Crippen molar-refractivity contribution in [3.63, 3.8) is 0 Å². The van der Waals surface area contributed by atoms with Crippen LogP contribution in [0.25, 0.3) is 21.3 Å². The van der Waals surface area contributed by atoms with E-state index in [9.17, 15) is 5.11 Å².